The van der Waals surface area contributed by atoms with E-state index in [0.717, 1.165) is 18.6 Å². The predicted octanol–water partition coefficient (Wildman–Crippen LogP) is 3.22. The number of ether oxygens (including phenoxy) is 1. The van der Waals surface area contributed by atoms with Gasteiger partial charge < -0.3 is 9.53 Å². The van der Waals surface area contributed by atoms with Crippen LogP contribution in [0.2, 0.25) is 0 Å². The Morgan fingerprint density at radius 3 is 2.56 bits per heavy atom. The third-order valence-corrected chi connectivity index (χ3v) is 2.50. The second-order valence-corrected chi connectivity index (χ2v) is 4.11. The number of ketones is 1. The molecule has 0 aliphatic heterocycles. The van der Waals surface area contributed by atoms with Crippen LogP contribution in [-0.2, 0) is 11.2 Å². The van der Waals surface area contributed by atoms with Crippen molar-refractivity contribution in [3.8, 4) is 5.75 Å². The van der Waals surface area contributed by atoms with Crippen LogP contribution < -0.4 is 4.74 Å². The van der Waals surface area contributed by atoms with Crippen LogP contribution in [0, 0.1) is 0 Å². The van der Waals surface area contributed by atoms with Crippen molar-refractivity contribution >= 4 is 17.4 Å². The second kappa shape index (κ2) is 7.29. The first-order valence-electron chi connectivity index (χ1n) is 5.49. The summed E-state index contributed by atoms with van der Waals surface area (Å²) in [6.07, 6.45) is 2.26. The molecule has 1 rings (SSSR count). The number of benzene rings is 1. The lowest BCUT2D eigenvalue weighted by Gasteiger charge is -2.05. The van der Waals surface area contributed by atoms with Crippen molar-refractivity contribution in [1.29, 1.82) is 0 Å². The van der Waals surface area contributed by atoms with E-state index in [-0.39, 0.29) is 5.78 Å². The van der Waals surface area contributed by atoms with Crippen molar-refractivity contribution in [2.24, 2.45) is 0 Å². The molecular formula is C13H17ClO2. The van der Waals surface area contributed by atoms with Crippen molar-refractivity contribution < 1.29 is 9.53 Å². The van der Waals surface area contributed by atoms with E-state index in [1.807, 2.05) is 24.3 Å². The van der Waals surface area contributed by atoms with Crippen molar-refractivity contribution in [2.45, 2.75) is 26.2 Å². The Kier molecular flexibility index (Phi) is 5.94. The number of rotatable bonds is 7. The number of carbonyl (C=O) groups is 1. The molecule has 0 aliphatic rings. The number of carbonyl (C=O) groups excluding carboxylic acids is 1. The summed E-state index contributed by atoms with van der Waals surface area (Å²) in [5.41, 5.74) is 1.17. The van der Waals surface area contributed by atoms with Gasteiger partial charge in [0.25, 0.3) is 0 Å². The largest absolute Gasteiger partial charge is 0.494 e. The van der Waals surface area contributed by atoms with Crippen molar-refractivity contribution in [1.82, 2.24) is 0 Å². The predicted molar refractivity (Wildman–Crippen MR) is 66.3 cm³/mol. The summed E-state index contributed by atoms with van der Waals surface area (Å²) in [5, 5.41) is 0. The fourth-order valence-electron chi connectivity index (χ4n) is 1.32. The van der Waals surface area contributed by atoms with Crippen molar-refractivity contribution in [3.05, 3.63) is 29.8 Å². The van der Waals surface area contributed by atoms with Crippen LogP contribution in [0.5, 0.6) is 5.75 Å². The Bertz CT molecular complexity index is 319. The van der Waals surface area contributed by atoms with Crippen LogP contribution in [0.1, 0.15) is 25.3 Å². The monoisotopic (exact) mass is 240 g/mol. The summed E-state index contributed by atoms with van der Waals surface area (Å²) in [6, 6.07) is 7.87. The summed E-state index contributed by atoms with van der Waals surface area (Å²) in [6.45, 7) is 2.26. The molecule has 0 saturated heterocycles. The van der Waals surface area contributed by atoms with Gasteiger partial charge in [0, 0.05) is 12.3 Å². The standard InChI is InChI=1S/C13H17ClO2/c1-11(15)3-4-12-5-7-13(8-6-12)16-10-2-9-14/h5-8H,2-4,9-10H2,1H3. The van der Waals surface area contributed by atoms with Crippen molar-refractivity contribution in [2.75, 3.05) is 12.5 Å². The lowest BCUT2D eigenvalue weighted by atomic mass is 10.1. The molecule has 0 fully saturated rings. The first-order chi connectivity index (χ1) is 7.72. The molecule has 0 aliphatic carbocycles. The lowest BCUT2D eigenvalue weighted by Crippen LogP contribution is -1.98. The van der Waals surface area contributed by atoms with E-state index in [1.165, 1.54) is 5.56 Å². The fraction of sp³-hybridized carbons (Fsp3) is 0.462. The molecular weight excluding hydrogens is 224 g/mol. The molecule has 3 heteroatoms. The van der Waals surface area contributed by atoms with Gasteiger partial charge in [0.05, 0.1) is 6.61 Å². The average Bonchev–Trinajstić information content (AvgIpc) is 2.28. The zero-order valence-corrected chi connectivity index (χ0v) is 10.3. The van der Waals surface area contributed by atoms with Gasteiger partial charge in [0.1, 0.15) is 11.5 Å². The molecule has 0 unspecified atom stereocenters. The number of aryl methyl sites for hydroxylation is 1. The molecule has 2 nitrogen and oxygen atoms in total. The van der Waals surface area contributed by atoms with Crippen LogP contribution >= 0.6 is 11.6 Å². The van der Waals surface area contributed by atoms with Gasteiger partial charge in [-0.05, 0) is 37.5 Å². The first-order valence-corrected chi connectivity index (χ1v) is 6.03. The minimum atomic E-state index is 0.224. The lowest BCUT2D eigenvalue weighted by molar-refractivity contribution is -0.116. The molecule has 0 saturated carbocycles. The summed E-state index contributed by atoms with van der Waals surface area (Å²) >= 11 is 5.55. The summed E-state index contributed by atoms with van der Waals surface area (Å²) < 4.78 is 5.48. The van der Waals surface area contributed by atoms with E-state index >= 15 is 0 Å². The zero-order valence-electron chi connectivity index (χ0n) is 9.54. The Hall–Kier alpha value is -1.02. The number of hydrogen-bond donors (Lipinski definition) is 0. The maximum atomic E-state index is 10.8. The Labute approximate surface area is 102 Å². The minimum absolute atomic E-state index is 0.224. The van der Waals surface area contributed by atoms with Gasteiger partial charge >= 0.3 is 0 Å². The number of Topliss-reactive ketones (excluding diaryl/α,β-unsaturated/α-hetero) is 1. The van der Waals surface area contributed by atoms with E-state index in [4.69, 9.17) is 16.3 Å². The number of halogens is 1. The van der Waals surface area contributed by atoms with Crippen LogP contribution in [0.15, 0.2) is 24.3 Å². The molecule has 16 heavy (non-hydrogen) atoms. The van der Waals surface area contributed by atoms with Crippen LogP contribution in [0.25, 0.3) is 0 Å². The normalized spacial score (nSPS) is 10.1. The van der Waals surface area contributed by atoms with Crippen molar-refractivity contribution in [3.63, 3.8) is 0 Å². The summed E-state index contributed by atoms with van der Waals surface area (Å²) in [7, 11) is 0. The number of alkyl halides is 1. The highest BCUT2D eigenvalue weighted by molar-refractivity contribution is 6.17. The average molecular weight is 241 g/mol. The van der Waals surface area contributed by atoms with Gasteiger partial charge in [-0.1, -0.05) is 12.1 Å². The molecule has 0 radical (unpaired) electrons. The molecule has 0 heterocycles. The van der Waals surface area contributed by atoms with E-state index < -0.39 is 0 Å². The second-order valence-electron chi connectivity index (χ2n) is 3.74. The summed E-state index contributed by atoms with van der Waals surface area (Å²) in [4.78, 5) is 10.8. The van der Waals surface area contributed by atoms with E-state index in [9.17, 15) is 4.79 Å². The van der Waals surface area contributed by atoms with Gasteiger partial charge in [-0.15, -0.1) is 11.6 Å². The van der Waals surface area contributed by atoms with Crippen LogP contribution in [0.4, 0.5) is 0 Å². The molecule has 0 aromatic heterocycles. The van der Waals surface area contributed by atoms with E-state index in [2.05, 4.69) is 0 Å². The molecule has 0 amide bonds. The van der Waals surface area contributed by atoms with Gasteiger partial charge in [-0.3, -0.25) is 0 Å². The molecule has 1 aromatic carbocycles. The van der Waals surface area contributed by atoms with Crippen LogP contribution in [-0.4, -0.2) is 18.3 Å². The molecule has 88 valence electrons. The van der Waals surface area contributed by atoms with Crippen LogP contribution in [0.3, 0.4) is 0 Å². The first kappa shape index (κ1) is 13.0. The smallest absolute Gasteiger partial charge is 0.130 e. The van der Waals surface area contributed by atoms with E-state index in [0.29, 0.717) is 18.9 Å². The van der Waals surface area contributed by atoms with Gasteiger partial charge in [0.15, 0.2) is 0 Å². The summed E-state index contributed by atoms with van der Waals surface area (Å²) in [5.74, 6) is 1.70. The SMILES string of the molecule is CC(=O)CCc1ccc(OCCCCl)cc1. The maximum absolute atomic E-state index is 10.8. The molecule has 0 spiro atoms. The minimum Gasteiger partial charge on any atom is -0.494 e. The van der Waals surface area contributed by atoms with E-state index in [1.54, 1.807) is 6.92 Å². The number of hydrogen-bond acceptors (Lipinski definition) is 2. The Morgan fingerprint density at radius 1 is 1.31 bits per heavy atom. The van der Waals surface area contributed by atoms with Gasteiger partial charge in [0.2, 0.25) is 0 Å². The third-order valence-electron chi connectivity index (χ3n) is 2.24. The highest BCUT2D eigenvalue weighted by Gasteiger charge is 1.98. The quantitative estimate of drug-likeness (QED) is 0.540. The molecule has 0 bridgehead atoms. The maximum Gasteiger partial charge on any atom is 0.130 e. The fourth-order valence-corrected chi connectivity index (χ4v) is 1.43. The molecule has 1 aromatic rings. The molecule has 0 atom stereocenters. The highest BCUT2D eigenvalue weighted by atomic mass is 35.5. The Balaban J connectivity index is 2.38. The van der Waals surface area contributed by atoms with Gasteiger partial charge in [-0.2, -0.15) is 0 Å². The topological polar surface area (TPSA) is 26.3 Å². The molecule has 0 N–H and O–H groups in total. The highest BCUT2D eigenvalue weighted by Crippen LogP contribution is 2.13. The Morgan fingerprint density at radius 2 is 2.00 bits per heavy atom. The zero-order chi connectivity index (χ0) is 11.8. The third kappa shape index (κ3) is 5.17. The van der Waals surface area contributed by atoms with Gasteiger partial charge in [-0.25, -0.2) is 0 Å².